The summed E-state index contributed by atoms with van der Waals surface area (Å²) in [5.41, 5.74) is -0.961. The molecule has 0 heterocycles. The number of hydrogen-bond acceptors (Lipinski definition) is 8. The quantitative estimate of drug-likeness (QED) is 0.0934. The number of phenolic OH excluding ortho intramolecular Hbond substituents is 1. The van der Waals surface area contributed by atoms with Crippen molar-refractivity contribution in [2.45, 2.75) is 52.9 Å². The van der Waals surface area contributed by atoms with Crippen LogP contribution >= 0.6 is 0 Å². The Balaban J connectivity index is 3.09. The fraction of sp³-hybridized carbons (Fsp3) is 0.500. The van der Waals surface area contributed by atoms with Crippen molar-refractivity contribution in [2.24, 2.45) is 0 Å². The third kappa shape index (κ3) is 7.91. The number of likely N-dealkylation sites (N-methyl/N-ethyl adjacent to an activating group) is 1. The molecule has 0 aliphatic rings. The number of unbranched alkanes of at least 4 members (excludes halogenated alkanes) is 4. The molecular formula is C22H29N3O7. The van der Waals surface area contributed by atoms with Gasteiger partial charge in [0, 0.05) is 19.2 Å². The largest absolute Gasteiger partial charge is 0.513 e. The van der Waals surface area contributed by atoms with E-state index >= 15 is 0 Å². The minimum atomic E-state index is -1.12. The number of ether oxygens (including phenoxy) is 2. The number of carbonyl (C=O) groups is 2. The molecule has 0 aliphatic carbocycles. The topological polar surface area (TPSA) is 143 Å². The van der Waals surface area contributed by atoms with Gasteiger partial charge in [-0.25, -0.2) is 4.79 Å². The minimum Gasteiger partial charge on any atom is -0.499 e. The molecule has 1 aromatic carbocycles. The highest BCUT2D eigenvalue weighted by molar-refractivity contribution is 6.01. The van der Waals surface area contributed by atoms with E-state index in [-0.39, 0.29) is 17.7 Å². The minimum absolute atomic E-state index is 0.0360. The highest BCUT2D eigenvalue weighted by Gasteiger charge is 2.23. The zero-order valence-electron chi connectivity index (χ0n) is 18.6. The van der Waals surface area contributed by atoms with Crippen molar-refractivity contribution in [3.63, 3.8) is 0 Å². The Kier molecular flexibility index (Phi) is 11.3. The molecule has 10 heteroatoms. The number of nitrogens with zero attached hydrogens (tertiary/aromatic N) is 3. The van der Waals surface area contributed by atoms with E-state index in [1.54, 1.807) is 19.9 Å². The molecule has 0 fully saturated rings. The van der Waals surface area contributed by atoms with Gasteiger partial charge >= 0.3 is 11.8 Å². The van der Waals surface area contributed by atoms with Gasteiger partial charge < -0.3 is 19.5 Å². The Morgan fingerprint density at radius 1 is 1.19 bits per heavy atom. The molecule has 0 atom stereocenters. The van der Waals surface area contributed by atoms with Gasteiger partial charge in [-0.3, -0.25) is 14.9 Å². The lowest BCUT2D eigenvalue weighted by Gasteiger charge is -2.17. The fourth-order valence-corrected chi connectivity index (χ4v) is 2.88. The van der Waals surface area contributed by atoms with E-state index in [2.05, 4.69) is 6.92 Å². The molecular weight excluding hydrogens is 418 g/mol. The first-order valence-electron chi connectivity index (χ1n) is 10.6. The number of amides is 1. The second kappa shape index (κ2) is 13.6. The van der Waals surface area contributed by atoms with Gasteiger partial charge in [0.15, 0.2) is 5.75 Å². The molecule has 0 unspecified atom stereocenters. The molecule has 1 amide bonds. The SMILES string of the molecule is CCCCCCCOC(=O)Oc1cc(C=C(C#N)C(=O)N(CC)CC)cc([N+](=O)[O-])c1O. The summed E-state index contributed by atoms with van der Waals surface area (Å²) in [6.45, 7) is 6.46. The number of rotatable bonds is 12. The Bertz CT molecular complexity index is 886. The van der Waals surface area contributed by atoms with Gasteiger partial charge in [0.05, 0.1) is 11.5 Å². The first kappa shape index (κ1) is 26.4. The Labute approximate surface area is 187 Å². The molecule has 0 aromatic heterocycles. The molecule has 1 aromatic rings. The molecule has 174 valence electrons. The Morgan fingerprint density at radius 3 is 2.41 bits per heavy atom. The van der Waals surface area contributed by atoms with E-state index in [1.165, 1.54) is 4.90 Å². The summed E-state index contributed by atoms with van der Waals surface area (Å²) in [7, 11) is 0. The van der Waals surface area contributed by atoms with Crippen LogP contribution in [0.5, 0.6) is 11.5 Å². The van der Waals surface area contributed by atoms with Crippen molar-refractivity contribution < 1.29 is 29.1 Å². The van der Waals surface area contributed by atoms with Crippen LogP contribution in [0.3, 0.4) is 0 Å². The zero-order chi connectivity index (χ0) is 24.1. The Morgan fingerprint density at radius 2 is 1.84 bits per heavy atom. The molecule has 0 spiro atoms. The van der Waals surface area contributed by atoms with Crippen LogP contribution in [0.2, 0.25) is 0 Å². The first-order chi connectivity index (χ1) is 15.3. The monoisotopic (exact) mass is 447 g/mol. The van der Waals surface area contributed by atoms with Crippen LogP contribution in [-0.4, -0.2) is 46.7 Å². The van der Waals surface area contributed by atoms with Gasteiger partial charge in [0.25, 0.3) is 5.91 Å². The van der Waals surface area contributed by atoms with E-state index in [1.807, 2.05) is 0 Å². The summed E-state index contributed by atoms with van der Waals surface area (Å²) >= 11 is 0. The lowest BCUT2D eigenvalue weighted by Crippen LogP contribution is -2.31. The molecule has 32 heavy (non-hydrogen) atoms. The lowest BCUT2D eigenvalue weighted by molar-refractivity contribution is -0.385. The zero-order valence-corrected chi connectivity index (χ0v) is 18.6. The maximum atomic E-state index is 12.4. The van der Waals surface area contributed by atoms with E-state index < -0.39 is 34.2 Å². The molecule has 1 N–H and O–H groups in total. The Hall–Kier alpha value is -3.61. The number of nitro benzene ring substituents is 1. The van der Waals surface area contributed by atoms with Crippen molar-refractivity contribution in [3.8, 4) is 17.6 Å². The average Bonchev–Trinajstić information content (AvgIpc) is 2.76. The number of nitriles is 1. The third-order valence-electron chi connectivity index (χ3n) is 4.65. The summed E-state index contributed by atoms with van der Waals surface area (Å²) in [6, 6.07) is 3.88. The smallest absolute Gasteiger partial charge is 0.499 e. The molecule has 0 saturated heterocycles. The van der Waals surface area contributed by atoms with Gasteiger partial charge in [-0.05, 0) is 38.0 Å². The fourth-order valence-electron chi connectivity index (χ4n) is 2.88. The molecule has 0 aliphatic heterocycles. The van der Waals surface area contributed by atoms with Gasteiger partial charge in [-0.15, -0.1) is 0 Å². The van der Waals surface area contributed by atoms with Gasteiger partial charge in [-0.1, -0.05) is 32.6 Å². The van der Waals surface area contributed by atoms with Crippen molar-refractivity contribution >= 4 is 23.8 Å². The van der Waals surface area contributed by atoms with Crippen LogP contribution in [0.4, 0.5) is 10.5 Å². The number of nitro groups is 1. The van der Waals surface area contributed by atoms with E-state index in [0.29, 0.717) is 19.5 Å². The highest BCUT2D eigenvalue weighted by Crippen LogP contribution is 2.38. The van der Waals surface area contributed by atoms with E-state index in [0.717, 1.165) is 43.9 Å². The molecule has 0 radical (unpaired) electrons. The first-order valence-corrected chi connectivity index (χ1v) is 10.6. The molecule has 0 saturated carbocycles. The predicted molar refractivity (Wildman–Crippen MR) is 117 cm³/mol. The van der Waals surface area contributed by atoms with Crippen LogP contribution in [0.25, 0.3) is 6.08 Å². The van der Waals surface area contributed by atoms with E-state index in [9.17, 15) is 30.1 Å². The summed E-state index contributed by atoms with van der Waals surface area (Å²) < 4.78 is 9.90. The van der Waals surface area contributed by atoms with E-state index in [4.69, 9.17) is 9.47 Å². The summed E-state index contributed by atoms with van der Waals surface area (Å²) in [4.78, 5) is 36.3. The van der Waals surface area contributed by atoms with Crippen molar-refractivity contribution in [1.82, 2.24) is 4.90 Å². The van der Waals surface area contributed by atoms with Gasteiger partial charge in [0.1, 0.15) is 11.6 Å². The second-order valence-corrected chi connectivity index (χ2v) is 6.91. The molecule has 10 nitrogen and oxygen atoms in total. The van der Waals surface area contributed by atoms with Crippen LogP contribution in [-0.2, 0) is 9.53 Å². The van der Waals surface area contributed by atoms with Crippen LogP contribution < -0.4 is 4.74 Å². The second-order valence-electron chi connectivity index (χ2n) is 6.91. The van der Waals surface area contributed by atoms with Crippen molar-refractivity contribution in [2.75, 3.05) is 19.7 Å². The average molecular weight is 447 g/mol. The van der Waals surface area contributed by atoms with Crippen molar-refractivity contribution in [1.29, 1.82) is 5.26 Å². The standard InChI is InChI=1S/C22H29N3O7/c1-4-7-8-9-10-11-31-22(28)32-19-14-16(13-18(20(19)26)25(29)30)12-17(15-23)21(27)24(5-2)6-3/h12-14,26H,4-11H2,1-3H3. The number of benzene rings is 1. The van der Waals surface area contributed by atoms with Crippen molar-refractivity contribution in [3.05, 3.63) is 33.4 Å². The highest BCUT2D eigenvalue weighted by atomic mass is 16.7. The normalized spacial score (nSPS) is 10.9. The summed E-state index contributed by atoms with van der Waals surface area (Å²) in [6.07, 6.45) is 4.73. The number of phenols is 1. The maximum absolute atomic E-state index is 12.4. The lowest BCUT2D eigenvalue weighted by atomic mass is 10.1. The summed E-state index contributed by atoms with van der Waals surface area (Å²) in [5, 5.41) is 30.8. The summed E-state index contributed by atoms with van der Waals surface area (Å²) in [5.74, 6) is -1.91. The number of hydrogen-bond donors (Lipinski definition) is 1. The maximum Gasteiger partial charge on any atom is 0.513 e. The predicted octanol–water partition coefficient (Wildman–Crippen LogP) is 4.56. The number of aromatic hydroxyl groups is 1. The van der Waals surface area contributed by atoms with Gasteiger partial charge in [0.2, 0.25) is 5.75 Å². The molecule has 0 bridgehead atoms. The van der Waals surface area contributed by atoms with Crippen LogP contribution in [0.1, 0.15) is 58.4 Å². The van der Waals surface area contributed by atoms with Gasteiger partial charge in [-0.2, -0.15) is 5.26 Å². The number of carbonyl (C=O) groups excluding carboxylic acids is 2. The molecule has 1 rings (SSSR count). The van der Waals surface area contributed by atoms with Crippen LogP contribution in [0.15, 0.2) is 17.7 Å². The third-order valence-corrected chi connectivity index (χ3v) is 4.65. The van der Waals surface area contributed by atoms with Crippen LogP contribution in [0, 0.1) is 21.4 Å².